The Morgan fingerprint density at radius 1 is 1.21 bits per heavy atom. The summed E-state index contributed by atoms with van der Waals surface area (Å²) in [4.78, 5) is 1.14. The number of fused-ring (bicyclic) bond motifs is 1. The Bertz CT molecular complexity index is 345. The first kappa shape index (κ1) is 15.7. The SMILES string of the molecule is [CH2-]c1cc2ccccc2s1.[Cu+].[I][Zn][I]. The zero-order valence-electron chi connectivity index (χ0n) is 7.27. The molecule has 0 amide bonds. The Kier molecular flexibility index (Phi) is 9.80. The van der Waals surface area contributed by atoms with Gasteiger partial charge in [-0.15, -0.1) is 4.88 Å². The molecule has 14 heavy (non-hydrogen) atoms. The number of halogens is 2. The quantitative estimate of drug-likeness (QED) is 0.260. The molecule has 0 N–H and O–H groups in total. The van der Waals surface area contributed by atoms with Crippen LogP contribution in [0.3, 0.4) is 0 Å². The zero-order chi connectivity index (χ0) is 9.68. The molecule has 0 saturated carbocycles. The van der Waals surface area contributed by atoms with Crippen LogP contribution < -0.4 is 0 Å². The number of hydrogen-bond acceptors (Lipinski definition) is 1. The van der Waals surface area contributed by atoms with Crippen LogP contribution in [0.2, 0.25) is 0 Å². The Morgan fingerprint density at radius 3 is 2.36 bits per heavy atom. The van der Waals surface area contributed by atoms with Crippen molar-refractivity contribution in [2.75, 3.05) is 0 Å². The molecule has 76 valence electrons. The molecule has 1 aromatic heterocycles. The fraction of sp³-hybridized carbons (Fsp3) is 0. The van der Waals surface area contributed by atoms with Crippen molar-refractivity contribution < 1.29 is 27.2 Å². The van der Waals surface area contributed by atoms with Gasteiger partial charge in [-0.1, -0.05) is 23.6 Å². The van der Waals surface area contributed by atoms with Gasteiger partial charge < -0.3 is 0 Å². The Morgan fingerprint density at radius 2 is 1.79 bits per heavy atom. The monoisotopic (exact) mass is 528 g/mol. The van der Waals surface area contributed by atoms with Crippen LogP contribution in [0.5, 0.6) is 0 Å². The van der Waals surface area contributed by atoms with E-state index < -0.39 is 0 Å². The topological polar surface area (TPSA) is 0 Å². The predicted octanol–water partition coefficient (Wildman–Crippen LogP) is 4.85. The van der Waals surface area contributed by atoms with Gasteiger partial charge in [0.05, 0.1) is 0 Å². The number of rotatable bonds is 0. The van der Waals surface area contributed by atoms with Crippen LogP contribution in [-0.4, -0.2) is 0 Å². The van der Waals surface area contributed by atoms with Crippen LogP contribution in [0.4, 0.5) is 0 Å². The van der Waals surface area contributed by atoms with E-state index in [1.807, 2.05) is 0 Å². The fourth-order valence-corrected chi connectivity index (χ4v) is 1.90. The van der Waals surface area contributed by atoms with E-state index in [0.717, 1.165) is 4.88 Å². The summed E-state index contributed by atoms with van der Waals surface area (Å²) in [5.41, 5.74) is 0. The van der Waals surface area contributed by atoms with Crippen molar-refractivity contribution in [3.05, 3.63) is 42.1 Å². The summed E-state index contributed by atoms with van der Waals surface area (Å²) in [6, 6.07) is 10.4. The molecule has 2 rings (SSSR count). The average Bonchev–Trinajstić information content (AvgIpc) is 2.45. The van der Waals surface area contributed by atoms with Gasteiger partial charge in [0.1, 0.15) is 0 Å². The molecule has 0 aliphatic rings. The predicted molar refractivity (Wildman–Crippen MR) is 74.3 cm³/mol. The third kappa shape index (κ3) is 5.12. The van der Waals surface area contributed by atoms with Gasteiger partial charge in [0, 0.05) is 4.70 Å². The van der Waals surface area contributed by atoms with Crippen molar-refractivity contribution in [2.24, 2.45) is 0 Å². The Labute approximate surface area is 128 Å². The molecule has 0 aliphatic heterocycles. The van der Waals surface area contributed by atoms with Crippen LogP contribution in [0.1, 0.15) is 4.88 Å². The molecule has 0 radical (unpaired) electrons. The van der Waals surface area contributed by atoms with Crippen molar-refractivity contribution >= 4 is 60.9 Å². The molecule has 5 heteroatoms. The molecule has 1 aromatic carbocycles. The molecule has 0 fully saturated rings. The van der Waals surface area contributed by atoms with Gasteiger partial charge in [-0.25, -0.2) is 6.92 Å². The molecule has 0 saturated heterocycles. The summed E-state index contributed by atoms with van der Waals surface area (Å²) in [5.74, 6) is 0. The molecule has 2 aromatic rings. The van der Waals surface area contributed by atoms with E-state index in [2.05, 4.69) is 76.8 Å². The summed E-state index contributed by atoms with van der Waals surface area (Å²) in [6.07, 6.45) is 0. The van der Waals surface area contributed by atoms with Crippen LogP contribution >= 0.6 is 50.8 Å². The van der Waals surface area contributed by atoms with Crippen molar-refractivity contribution in [2.45, 2.75) is 0 Å². The van der Waals surface area contributed by atoms with Gasteiger partial charge in [-0.05, 0) is 6.07 Å². The van der Waals surface area contributed by atoms with Gasteiger partial charge in [-0.2, -0.15) is 17.4 Å². The van der Waals surface area contributed by atoms with Crippen molar-refractivity contribution in [1.29, 1.82) is 0 Å². The van der Waals surface area contributed by atoms with Crippen molar-refractivity contribution in [3.8, 4) is 0 Å². The first-order chi connectivity index (χ1) is 6.27. The second-order valence-electron chi connectivity index (χ2n) is 2.35. The third-order valence-corrected chi connectivity index (χ3v) is 2.45. The molecule has 0 unspecified atom stereocenters. The zero-order valence-corrected chi connectivity index (χ0v) is 16.3. The molecule has 1 heterocycles. The van der Waals surface area contributed by atoms with Gasteiger partial charge in [0.25, 0.3) is 0 Å². The van der Waals surface area contributed by atoms with E-state index in [1.54, 1.807) is 11.3 Å². The minimum absolute atomic E-state index is 0. The molecule has 0 spiro atoms. The normalized spacial score (nSPS) is 8.14. The molecule has 0 atom stereocenters. The molecule has 0 nitrogen and oxygen atoms in total. The molecular formula is C9H7CuI2SZn. The van der Waals surface area contributed by atoms with E-state index >= 15 is 0 Å². The fourth-order valence-electron chi connectivity index (χ4n) is 1.04. The van der Waals surface area contributed by atoms with E-state index in [4.69, 9.17) is 0 Å². The van der Waals surface area contributed by atoms with Crippen molar-refractivity contribution in [1.82, 2.24) is 0 Å². The van der Waals surface area contributed by atoms with Crippen LogP contribution in [0.25, 0.3) is 10.1 Å². The first-order valence-corrected chi connectivity index (χ1v) is 22.6. The second kappa shape index (κ2) is 8.76. The van der Waals surface area contributed by atoms with Crippen LogP contribution in [-0.2, 0) is 27.2 Å². The molecule has 0 aliphatic carbocycles. The van der Waals surface area contributed by atoms with Crippen LogP contribution in [0, 0.1) is 6.92 Å². The summed E-state index contributed by atoms with van der Waals surface area (Å²) >= 11 is 6.67. The Hall–Kier alpha value is 1.65. The standard InChI is InChI=1S/C9H7S.Cu.2HI.Zn/c1-7-6-8-4-2-3-5-9(8)10-7;;;;/h2-6H,1H2;;2*1H;/q-1;+1;;;+2/p-2. The van der Waals surface area contributed by atoms with Crippen LogP contribution in [0.15, 0.2) is 30.3 Å². The minimum atomic E-state index is 0. The van der Waals surface area contributed by atoms with Gasteiger partial charge >= 0.3 is 66.7 Å². The number of thiophene rings is 1. The number of hydrogen-bond donors (Lipinski definition) is 0. The van der Waals surface area contributed by atoms with Gasteiger partial charge in [-0.3, -0.25) is 0 Å². The van der Waals surface area contributed by atoms with E-state index in [0.29, 0.717) is 0 Å². The third-order valence-electron chi connectivity index (χ3n) is 1.48. The average molecular weight is 530 g/mol. The summed E-state index contributed by atoms with van der Waals surface area (Å²) < 4.78 is 1.33. The van der Waals surface area contributed by atoms with Gasteiger partial charge in [0.2, 0.25) is 0 Å². The van der Waals surface area contributed by atoms with E-state index in [9.17, 15) is 0 Å². The van der Waals surface area contributed by atoms with Gasteiger partial charge in [0.15, 0.2) is 0 Å². The van der Waals surface area contributed by atoms with E-state index in [1.165, 1.54) is 10.1 Å². The summed E-state index contributed by atoms with van der Waals surface area (Å²) in [6.45, 7) is 3.88. The second-order valence-corrected chi connectivity index (χ2v) is 27.0. The van der Waals surface area contributed by atoms with Crippen molar-refractivity contribution in [3.63, 3.8) is 0 Å². The maximum atomic E-state index is 3.88. The molecular weight excluding hydrogens is 523 g/mol. The maximum absolute atomic E-state index is 3.88. The Balaban J connectivity index is 0.000000381. The number of benzene rings is 1. The molecule has 0 bridgehead atoms. The first-order valence-electron chi connectivity index (χ1n) is 3.70. The summed E-state index contributed by atoms with van der Waals surface area (Å²) in [5, 5.41) is 1.30. The van der Waals surface area contributed by atoms with E-state index in [-0.39, 0.29) is 27.2 Å². The summed E-state index contributed by atoms with van der Waals surface area (Å²) in [7, 11) is 0.0650.